The number of nitrogens with one attached hydrogen (secondary N) is 1. The minimum atomic E-state index is -0.155. The van der Waals surface area contributed by atoms with Gasteiger partial charge in [0.2, 0.25) is 0 Å². The molecule has 0 bridgehead atoms. The highest BCUT2D eigenvalue weighted by Crippen LogP contribution is 2.28. The highest BCUT2D eigenvalue weighted by atomic mass is 79.9. The Kier molecular flexibility index (Phi) is 5.41. The van der Waals surface area contributed by atoms with E-state index in [1.54, 1.807) is 12.1 Å². The van der Waals surface area contributed by atoms with Crippen LogP contribution in [0.3, 0.4) is 0 Å². The summed E-state index contributed by atoms with van der Waals surface area (Å²) in [4.78, 5) is 12.7. The molecule has 0 aromatic heterocycles. The van der Waals surface area contributed by atoms with Crippen molar-refractivity contribution in [3.63, 3.8) is 0 Å². The van der Waals surface area contributed by atoms with Crippen molar-refractivity contribution < 1.29 is 14.3 Å². The molecule has 1 N–H and O–H groups in total. The van der Waals surface area contributed by atoms with Crippen LogP contribution < -0.4 is 10.1 Å². The molecule has 0 radical (unpaired) electrons. The fourth-order valence-electron chi connectivity index (χ4n) is 3.25. The minimum absolute atomic E-state index is 0.155. The Morgan fingerprint density at radius 1 is 1.15 bits per heavy atom. The maximum Gasteiger partial charge on any atom is 0.255 e. The van der Waals surface area contributed by atoms with E-state index in [1.165, 1.54) is 0 Å². The number of carbonyl (C=O) groups excluding carboxylic acids is 1. The van der Waals surface area contributed by atoms with E-state index in [-0.39, 0.29) is 12.0 Å². The van der Waals surface area contributed by atoms with Crippen LogP contribution in [0.5, 0.6) is 5.75 Å². The van der Waals surface area contributed by atoms with Gasteiger partial charge >= 0.3 is 0 Å². The summed E-state index contributed by atoms with van der Waals surface area (Å²) >= 11 is 3.50. The number of hydrogen-bond acceptors (Lipinski definition) is 3. The highest BCUT2D eigenvalue weighted by molar-refractivity contribution is 9.10. The summed E-state index contributed by atoms with van der Waals surface area (Å²) in [6.07, 6.45) is 2.28. The first-order valence-corrected chi connectivity index (χ1v) is 9.83. The molecule has 27 heavy (non-hydrogen) atoms. The van der Waals surface area contributed by atoms with Gasteiger partial charge in [-0.2, -0.15) is 0 Å². The lowest BCUT2D eigenvalue weighted by molar-refractivity contribution is 0.0677. The van der Waals surface area contributed by atoms with Crippen molar-refractivity contribution in [2.24, 2.45) is 0 Å². The molecule has 1 aliphatic rings. The molecule has 138 valence electrons. The molecule has 3 aromatic carbocycles. The number of fused-ring (bicyclic) bond motifs is 1. The standard InChI is InChI=1S/C22H20BrNO3/c23-19-13-16(10-11-21(19)27-14-17-7-4-12-26-17)22(25)24-20-9-3-6-15-5-1-2-8-18(15)20/h1-3,5-6,8-11,13,17H,4,7,12,14H2,(H,24,25). The average molecular weight is 426 g/mol. The number of anilines is 1. The van der Waals surface area contributed by atoms with Crippen LogP contribution in [0.15, 0.2) is 65.1 Å². The quantitative estimate of drug-likeness (QED) is 0.593. The van der Waals surface area contributed by atoms with Gasteiger partial charge in [0.1, 0.15) is 12.4 Å². The van der Waals surface area contributed by atoms with Crippen molar-refractivity contribution in [2.75, 3.05) is 18.5 Å². The smallest absolute Gasteiger partial charge is 0.255 e. The average Bonchev–Trinajstić information content (AvgIpc) is 3.21. The zero-order valence-electron chi connectivity index (χ0n) is 14.8. The Balaban J connectivity index is 1.47. The van der Waals surface area contributed by atoms with Gasteiger partial charge in [0.15, 0.2) is 0 Å². The molecule has 0 aliphatic carbocycles. The molecule has 1 unspecified atom stereocenters. The van der Waals surface area contributed by atoms with Crippen LogP contribution >= 0.6 is 15.9 Å². The van der Waals surface area contributed by atoms with Crippen LogP contribution in [0.2, 0.25) is 0 Å². The van der Waals surface area contributed by atoms with Crippen LogP contribution in [0.4, 0.5) is 5.69 Å². The highest BCUT2D eigenvalue weighted by Gasteiger charge is 2.17. The van der Waals surface area contributed by atoms with Crippen LogP contribution in [0.1, 0.15) is 23.2 Å². The van der Waals surface area contributed by atoms with Gasteiger partial charge < -0.3 is 14.8 Å². The van der Waals surface area contributed by atoms with Crippen molar-refractivity contribution >= 4 is 38.3 Å². The Bertz CT molecular complexity index is 961. The molecular weight excluding hydrogens is 406 g/mol. The van der Waals surface area contributed by atoms with Gasteiger partial charge in [0.25, 0.3) is 5.91 Å². The molecule has 4 nitrogen and oxygen atoms in total. The maximum atomic E-state index is 12.7. The van der Waals surface area contributed by atoms with Crippen LogP contribution in [-0.2, 0) is 4.74 Å². The van der Waals surface area contributed by atoms with Gasteiger partial charge in [-0.25, -0.2) is 0 Å². The van der Waals surface area contributed by atoms with E-state index < -0.39 is 0 Å². The van der Waals surface area contributed by atoms with Crippen molar-refractivity contribution in [3.8, 4) is 5.75 Å². The molecule has 1 saturated heterocycles. The third kappa shape index (κ3) is 4.15. The fraction of sp³-hybridized carbons (Fsp3) is 0.227. The SMILES string of the molecule is O=C(Nc1cccc2ccccc12)c1ccc(OCC2CCCO2)c(Br)c1. The summed E-state index contributed by atoms with van der Waals surface area (Å²) in [5.74, 6) is 0.560. The summed E-state index contributed by atoms with van der Waals surface area (Å²) in [6, 6.07) is 19.2. The summed E-state index contributed by atoms with van der Waals surface area (Å²) in [5.41, 5.74) is 1.37. The molecule has 0 spiro atoms. The zero-order valence-corrected chi connectivity index (χ0v) is 16.4. The monoisotopic (exact) mass is 425 g/mol. The molecule has 1 fully saturated rings. The predicted octanol–water partition coefficient (Wildman–Crippen LogP) is 5.41. The van der Waals surface area contributed by atoms with E-state index in [0.717, 1.165) is 40.4 Å². The van der Waals surface area contributed by atoms with E-state index in [4.69, 9.17) is 9.47 Å². The fourth-order valence-corrected chi connectivity index (χ4v) is 3.74. The van der Waals surface area contributed by atoms with Gasteiger partial charge in [0.05, 0.1) is 10.6 Å². The molecule has 1 aliphatic heterocycles. The Hall–Kier alpha value is -2.37. The van der Waals surface area contributed by atoms with Crippen LogP contribution in [-0.4, -0.2) is 25.2 Å². The largest absolute Gasteiger partial charge is 0.490 e. The van der Waals surface area contributed by atoms with E-state index in [2.05, 4.69) is 21.2 Å². The third-order valence-electron chi connectivity index (χ3n) is 4.68. The zero-order chi connectivity index (χ0) is 18.6. The number of ether oxygens (including phenoxy) is 2. The number of hydrogen-bond donors (Lipinski definition) is 1. The topological polar surface area (TPSA) is 47.6 Å². The van der Waals surface area contributed by atoms with E-state index in [1.807, 2.05) is 48.5 Å². The number of rotatable bonds is 5. The van der Waals surface area contributed by atoms with Gasteiger partial charge in [-0.1, -0.05) is 36.4 Å². The van der Waals surface area contributed by atoms with Crippen molar-refractivity contribution in [2.45, 2.75) is 18.9 Å². The summed E-state index contributed by atoms with van der Waals surface area (Å²) in [5, 5.41) is 5.11. The lowest BCUT2D eigenvalue weighted by Crippen LogP contribution is -2.16. The first-order valence-electron chi connectivity index (χ1n) is 9.04. The lowest BCUT2D eigenvalue weighted by Gasteiger charge is -2.14. The van der Waals surface area contributed by atoms with Crippen molar-refractivity contribution in [3.05, 3.63) is 70.7 Å². The molecule has 0 saturated carbocycles. The second-order valence-electron chi connectivity index (χ2n) is 6.57. The maximum absolute atomic E-state index is 12.7. The van der Waals surface area contributed by atoms with Crippen LogP contribution in [0.25, 0.3) is 10.8 Å². The Morgan fingerprint density at radius 3 is 2.81 bits per heavy atom. The number of carbonyl (C=O) groups is 1. The van der Waals surface area contributed by atoms with Crippen molar-refractivity contribution in [1.82, 2.24) is 0 Å². The number of benzene rings is 3. The predicted molar refractivity (Wildman–Crippen MR) is 111 cm³/mol. The lowest BCUT2D eigenvalue weighted by atomic mass is 10.1. The summed E-state index contributed by atoms with van der Waals surface area (Å²) in [6.45, 7) is 1.34. The van der Waals surface area contributed by atoms with Crippen LogP contribution in [0, 0.1) is 0 Å². The van der Waals surface area contributed by atoms with Crippen molar-refractivity contribution in [1.29, 1.82) is 0 Å². The Morgan fingerprint density at radius 2 is 2.00 bits per heavy atom. The third-order valence-corrected chi connectivity index (χ3v) is 5.30. The molecule has 1 amide bonds. The minimum Gasteiger partial charge on any atom is -0.490 e. The summed E-state index contributed by atoms with van der Waals surface area (Å²) in [7, 11) is 0. The van der Waals surface area contributed by atoms with Gasteiger partial charge in [-0.3, -0.25) is 4.79 Å². The molecule has 3 aromatic rings. The van der Waals surface area contributed by atoms with E-state index >= 15 is 0 Å². The first-order chi connectivity index (χ1) is 13.2. The number of amides is 1. The second kappa shape index (κ2) is 8.11. The number of halogens is 1. The molecule has 4 rings (SSSR count). The second-order valence-corrected chi connectivity index (χ2v) is 7.43. The molecule has 5 heteroatoms. The van der Waals surface area contributed by atoms with E-state index in [9.17, 15) is 4.79 Å². The normalized spacial score (nSPS) is 16.4. The molecule has 1 atom stereocenters. The Labute approximate surface area is 166 Å². The molecular formula is C22H20BrNO3. The van der Waals surface area contributed by atoms with E-state index in [0.29, 0.717) is 17.9 Å². The van der Waals surface area contributed by atoms with Gasteiger partial charge in [-0.05, 0) is 58.4 Å². The first kappa shape index (κ1) is 18.0. The van der Waals surface area contributed by atoms with Gasteiger partial charge in [-0.15, -0.1) is 0 Å². The van der Waals surface area contributed by atoms with Gasteiger partial charge in [0, 0.05) is 23.2 Å². The summed E-state index contributed by atoms with van der Waals surface area (Å²) < 4.78 is 12.2. The molecule has 1 heterocycles.